The van der Waals surface area contributed by atoms with E-state index in [9.17, 15) is 9.59 Å². The first-order chi connectivity index (χ1) is 15.5. The second-order valence-corrected chi connectivity index (χ2v) is 7.98. The van der Waals surface area contributed by atoms with Gasteiger partial charge in [0.15, 0.2) is 0 Å². The minimum absolute atomic E-state index is 0.00813. The highest BCUT2D eigenvalue weighted by molar-refractivity contribution is 5.92. The largest absolute Gasteiger partial charge is 0.455 e. The quantitative estimate of drug-likeness (QED) is 0.589. The van der Waals surface area contributed by atoms with Crippen molar-refractivity contribution in [3.05, 3.63) is 71.1 Å². The van der Waals surface area contributed by atoms with Crippen LogP contribution >= 0.6 is 0 Å². The fraction of sp³-hybridized carbons (Fsp3) is 0.280. The van der Waals surface area contributed by atoms with Gasteiger partial charge in [-0.05, 0) is 60.7 Å². The number of carbonyl (C=O) groups is 1. The lowest BCUT2D eigenvalue weighted by atomic mass is 10.00. The number of ether oxygens (including phenoxy) is 2. The minimum atomic E-state index is -0.0685. The summed E-state index contributed by atoms with van der Waals surface area (Å²) in [6.07, 6.45) is 4.24. The lowest BCUT2D eigenvalue weighted by Crippen LogP contribution is -2.23. The molecule has 1 unspecified atom stereocenters. The molecule has 4 rings (SSSR count). The third-order valence-electron chi connectivity index (χ3n) is 5.58. The van der Waals surface area contributed by atoms with Crippen molar-refractivity contribution in [2.75, 3.05) is 24.3 Å². The Morgan fingerprint density at radius 3 is 2.75 bits per heavy atom. The van der Waals surface area contributed by atoms with E-state index in [2.05, 4.69) is 5.32 Å². The number of nitrogen functional groups attached to an aromatic ring is 1. The Balaban J connectivity index is 1.46. The van der Waals surface area contributed by atoms with Gasteiger partial charge in [0.2, 0.25) is 11.5 Å². The maximum absolute atomic E-state index is 12.6. The normalized spacial score (nSPS) is 16.2. The molecule has 1 atom stereocenters. The summed E-state index contributed by atoms with van der Waals surface area (Å²) in [5, 5.41) is 2.99. The second kappa shape index (κ2) is 9.70. The molecule has 3 aromatic rings. The van der Waals surface area contributed by atoms with Crippen LogP contribution in [0.1, 0.15) is 19.3 Å². The van der Waals surface area contributed by atoms with E-state index in [0.717, 1.165) is 37.0 Å². The molecule has 0 aliphatic carbocycles. The molecule has 0 bridgehead atoms. The Labute approximate surface area is 186 Å². The molecule has 2 aromatic carbocycles. The highest BCUT2D eigenvalue weighted by atomic mass is 16.5. The molecule has 0 spiro atoms. The Kier molecular flexibility index (Phi) is 6.56. The highest BCUT2D eigenvalue weighted by Gasteiger charge is 2.20. The number of amides is 1. The fourth-order valence-electron chi connectivity index (χ4n) is 3.76. The average Bonchev–Trinajstić information content (AvgIpc) is 3.07. The first kappa shape index (κ1) is 21.6. The van der Waals surface area contributed by atoms with E-state index < -0.39 is 0 Å². The van der Waals surface area contributed by atoms with Crippen molar-refractivity contribution in [3.63, 3.8) is 0 Å². The summed E-state index contributed by atoms with van der Waals surface area (Å²) in [5.41, 5.74) is 9.09. The van der Waals surface area contributed by atoms with Crippen LogP contribution < -0.4 is 21.3 Å². The third-order valence-corrected chi connectivity index (χ3v) is 5.58. The molecular weight excluding hydrogens is 406 g/mol. The summed E-state index contributed by atoms with van der Waals surface area (Å²) in [6.45, 7) is 1.34. The number of carbonyl (C=O) groups excluding carboxylic acids is 1. The van der Waals surface area contributed by atoms with Crippen LogP contribution in [0, 0.1) is 5.92 Å². The Bertz CT molecular complexity index is 1160. The summed E-state index contributed by atoms with van der Waals surface area (Å²) < 4.78 is 12.9. The number of pyridine rings is 1. The minimum Gasteiger partial charge on any atom is -0.455 e. The van der Waals surface area contributed by atoms with Gasteiger partial charge in [-0.15, -0.1) is 0 Å². The third kappa shape index (κ3) is 5.18. The van der Waals surface area contributed by atoms with Gasteiger partial charge in [-0.25, -0.2) is 0 Å². The van der Waals surface area contributed by atoms with Crippen molar-refractivity contribution in [2.45, 2.75) is 19.3 Å². The Morgan fingerprint density at radius 1 is 1.09 bits per heavy atom. The molecule has 1 saturated heterocycles. The number of anilines is 2. The second-order valence-electron chi connectivity index (χ2n) is 7.98. The van der Waals surface area contributed by atoms with Crippen molar-refractivity contribution in [1.82, 2.24) is 4.57 Å². The molecule has 1 amide bonds. The van der Waals surface area contributed by atoms with Gasteiger partial charge in [0.1, 0.15) is 11.5 Å². The standard InChI is InChI=1S/C25H27N3O4/c1-28-16-19(8-10-24(28)29)18-7-9-23(22(26)14-18)32-21-6-2-5-20(15-21)27-25(30)17-4-3-12-31-13-11-17/h2,5-10,14-17H,3-4,11-13,26H2,1H3,(H,27,30). The first-order valence-electron chi connectivity index (χ1n) is 10.7. The summed E-state index contributed by atoms with van der Waals surface area (Å²) in [5.74, 6) is 1.06. The van der Waals surface area contributed by atoms with Crippen molar-refractivity contribution < 1.29 is 14.3 Å². The van der Waals surface area contributed by atoms with Gasteiger partial charge in [-0.2, -0.15) is 0 Å². The van der Waals surface area contributed by atoms with Crippen LogP contribution in [-0.4, -0.2) is 23.7 Å². The molecule has 0 saturated carbocycles. The number of hydrogen-bond acceptors (Lipinski definition) is 5. The molecule has 7 nitrogen and oxygen atoms in total. The maximum Gasteiger partial charge on any atom is 0.250 e. The van der Waals surface area contributed by atoms with Gasteiger partial charge < -0.3 is 25.1 Å². The Morgan fingerprint density at radius 2 is 1.94 bits per heavy atom. The average molecular weight is 434 g/mol. The van der Waals surface area contributed by atoms with Crippen molar-refractivity contribution in [3.8, 4) is 22.6 Å². The molecule has 3 N–H and O–H groups in total. The SMILES string of the molecule is Cn1cc(-c2ccc(Oc3cccc(NC(=O)C4CCCOCC4)c3)c(N)c2)ccc1=O. The van der Waals surface area contributed by atoms with E-state index in [1.54, 1.807) is 31.4 Å². The molecule has 2 heterocycles. The van der Waals surface area contributed by atoms with Crippen LogP contribution in [0.2, 0.25) is 0 Å². The molecular formula is C25H27N3O4. The smallest absolute Gasteiger partial charge is 0.250 e. The summed E-state index contributed by atoms with van der Waals surface area (Å²) in [4.78, 5) is 24.2. The number of aryl methyl sites for hydroxylation is 1. The molecule has 1 fully saturated rings. The van der Waals surface area contributed by atoms with E-state index in [4.69, 9.17) is 15.2 Å². The maximum atomic E-state index is 12.6. The first-order valence-corrected chi connectivity index (χ1v) is 10.7. The van der Waals surface area contributed by atoms with E-state index >= 15 is 0 Å². The van der Waals surface area contributed by atoms with Gasteiger partial charge >= 0.3 is 0 Å². The molecule has 32 heavy (non-hydrogen) atoms. The topological polar surface area (TPSA) is 95.6 Å². The van der Waals surface area contributed by atoms with Gasteiger partial charge in [-0.1, -0.05) is 12.1 Å². The summed E-state index contributed by atoms with van der Waals surface area (Å²) in [6, 6.07) is 16.1. The Hall–Kier alpha value is -3.58. The van der Waals surface area contributed by atoms with Gasteiger partial charge in [0, 0.05) is 50.2 Å². The predicted octanol–water partition coefficient (Wildman–Crippen LogP) is 4.18. The van der Waals surface area contributed by atoms with Crippen LogP contribution in [0.5, 0.6) is 11.5 Å². The number of rotatable bonds is 5. The van der Waals surface area contributed by atoms with Crippen molar-refractivity contribution in [2.24, 2.45) is 13.0 Å². The van der Waals surface area contributed by atoms with Gasteiger partial charge in [0.05, 0.1) is 5.69 Å². The number of nitrogens with one attached hydrogen (secondary N) is 1. The molecule has 7 heteroatoms. The van der Waals surface area contributed by atoms with E-state index in [1.807, 2.05) is 30.3 Å². The van der Waals surface area contributed by atoms with Crippen molar-refractivity contribution in [1.29, 1.82) is 0 Å². The van der Waals surface area contributed by atoms with Gasteiger partial charge in [0.25, 0.3) is 0 Å². The van der Waals surface area contributed by atoms with Crippen LogP contribution in [0.15, 0.2) is 65.6 Å². The lowest BCUT2D eigenvalue weighted by molar-refractivity contribution is -0.120. The number of hydrogen-bond donors (Lipinski definition) is 2. The zero-order chi connectivity index (χ0) is 22.5. The zero-order valence-electron chi connectivity index (χ0n) is 18.0. The summed E-state index contributed by atoms with van der Waals surface area (Å²) in [7, 11) is 1.71. The molecule has 1 aromatic heterocycles. The summed E-state index contributed by atoms with van der Waals surface area (Å²) >= 11 is 0. The zero-order valence-corrected chi connectivity index (χ0v) is 18.0. The monoisotopic (exact) mass is 433 g/mol. The molecule has 1 aliphatic heterocycles. The number of nitrogens with two attached hydrogens (primary N) is 1. The predicted molar refractivity (Wildman–Crippen MR) is 125 cm³/mol. The number of benzene rings is 2. The van der Waals surface area contributed by atoms with E-state index in [1.165, 1.54) is 10.6 Å². The van der Waals surface area contributed by atoms with Crippen LogP contribution in [0.25, 0.3) is 11.1 Å². The number of aromatic nitrogens is 1. The number of nitrogens with zero attached hydrogens (tertiary/aromatic N) is 1. The lowest BCUT2D eigenvalue weighted by Gasteiger charge is -2.15. The molecule has 166 valence electrons. The van der Waals surface area contributed by atoms with Gasteiger partial charge in [-0.3, -0.25) is 9.59 Å². The van der Waals surface area contributed by atoms with E-state index in [-0.39, 0.29) is 17.4 Å². The van der Waals surface area contributed by atoms with Crippen LogP contribution in [0.4, 0.5) is 11.4 Å². The van der Waals surface area contributed by atoms with E-state index in [0.29, 0.717) is 29.5 Å². The fourth-order valence-corrected chi connectivity index (χ4v) is 3.76. The van der Waals surface area contributed by atoms with Crippen molar-refractivity contribution >= 4 is 17.3 Å². The van der Waals surface area contributed by atoms with Crippen LogP contribution in [-0.2, 0) is 16.6 Å². The molecule has 1 aliphatic rings. The molecule has 0 radical (unpaired) electrons. The van der Waals surface area contributed by atoms with Crippen LogP contribution in [0.3, 0.4) is 0 Å². The highest BCUT2D eigenvalue weighted by Crippen LogP contribution is 2.32.